The highest BCUT2D eigenvalue weighted by atomic mass is 19.1. The molecule has 1 heterocycles. The lowest BCUT2D eigenvalue weighted by Crippen LogP contribution is -2.13. The number of halogens is 1. The minimum Gasteiger partial charge on any atom is -0.494 e. The molecule has 0 radical (unpaired) electrons. The van der Waals surface area contributed by atoms with Gasteiger partial charge in [0.1, 0.15) is 0 Å². The molecular formula is C13H16FN3O. The lowest BCUT2D eigenvalue weighted by molar-refractivity contribution is 0.386. The second kappa shape index (κ2) is 5.64. The summed E-state index contributed by atoms with van der Waals surface area (Å²) >= 11 is 0. The third kappa shape index (κ3) is 3.07. The fourth-order valence-electron chi connectivity index (χ4n) is 1.71. The highest BCUT2D eigenvalue weighted by Crippen LogP contribution is 2.17. The van der Waals surface area contributed by atoms with Gasteiger partial charge in [-0.05, 0) is 23.8 Å². The maximum absolute atomic E-state index is 13.4. The summed E-state index contributed by atoms with van der Waals surface area (Å²) in [6, 6.07) is 6.90. The zero-order valence-electron chi connectivity index (χ0n) is 10.5. The van der Waals surface area contributed by atoms with Crippen LogP contribution in [-0.2, 0) is 20.1 Å². The molecule has 0 spiro atoms. The molecule has 1 aromatic heterocycles. The van der Waals surface area contributed by atoms with Gasteiger partial charge < -0.3 is 10.1 Å². The van der Waals surface area contributed by atoms with E-state index in [0.29, 0.717) is 13.1 Å². The summed E-state index contributed by atoms with van der Waals surface area (Å²) in [5, 5.41) is 7.46. The van der Waals surface area contributed by atoms with Crippen LogP contribution >= 0.6 is 0 Å². The van der Waals surface area contributed by atoms with Gasteiger partial charge in [0, 0.05) is 26.3 Å². The van der Waals surface area contributed by atoms with E-state index in [0.717, 1.165) is 11.3 Å². The van der Waals surface area contributed by atoms with Crippen molar-refractivity contribution in [3.63, 3.8) is 0 Å². The van der Waals surface area contributed by atoms with E-state index in [-0.39, 0.29) is 11.6 Å². The summed E-state index contributed by atoms with van der Waals surface area (Å²) in [6.45, 7) is 1.26. The van der Waals surface area contributed by atoms with Crippen molar-refractivity contribution in [3.8, 4) is 5.75 Å². The molecule has 2 rings (SSSR count). The maximum Gasteiger partial charge on any atom is 0.165 e. The summed E-state index contributed by atoms with van der Waals surface area (Å²) in [5.74, 6) is -0.0712. The molecule has 0 aliphatic heterocycles. The van der Waals surface area contributed by atoms with Gasteiger partial charge in [0.2, 0.25) is 0 Å². The molecule has 96 valence electrons. The second-order valence-corrected chi connectivity index (χ2v) is 4.05. The molecule has 1 N–H and O–H groups in total. The molecule has 0 aliphatic rings. The third-order valence-corrected chi connectivity index (χ3v) is 2.62. The van der Waals surface area contributed by atoms with E-state index >= 15 is 0 Å². The molecule has 0 saturated carbocycles. The number of methoxy groups -OCH3 is 1. The zero-order chi connectivity index (χ0) is 13.0. The number of nitrogens with zero attached hydrogens (tertiary/aromatic N) is 2. The largest absolute Gasteiger partial charge is 0.494 e. The smallest absolute Gasteiger partial charge is 0.165 e. The molecule has 0 fully saturated rings. The van der Waals surface area contributed by atoms with Crippen LogP contribution in [-0.4, -0.2) is 16.9 Å². The molecule has 0 unspecified atom stereocenters. The van der Waals surface area contributed by atoms with Gasteiger partial charge >= 0.3 is 0 Å². The van der Waals surface area contributed by atoms with Crippen molar-refractivity contribution in [2.45, 2.75) is 13.1 Å². The standard InChI is InChI=1S/C13H16FN3O/c1-17-6-5-11(16-17)9-15-8-10-3-4-13(18-2)12(14)7-10/h3-7,15H,8-9H2,1-2H3. The van der Waals surface area contributed by atoms with Crippen LogP contribution in [0.1, 0.15) is 11.3 Å². The van der Waals surface area contributed by atoms with E-state index in [9.17, 15) is 4.39 Å². The molecule has 0 amide bonds. The Morgan fingerprint density at radius 2 is 2.17 bits per heavy atom. The van der Waals surface area contributed by atoms with Gasteiger partial charge in [0.05, 0.1) is 12.8 Å². The van der Waals surface area contributed by atoms with E-state index in [4.69, 9.17) is 4.74 Å². The normalized spacial score (nSPS) is 10.6. The van der Waals surface area contributed by atoms with E-state index in [1.807, 2.05) is 25.4 Å². The van der Waals surface area contributed by atoms with Gasteiger partial charge in [-0.25, -0.2) is 4.39 Å². The number of benzene rings is 1. The number of aryl methyl sites for hydroxylation is 1. The Bertz CT molecular complexity index is 525. The summed E-state index contributed by atoms with van der Waals surface area (Å²) < 4.78 is 20.1. The minimum absolute atomic E-state index is 0.267. The zero-order valence-corrected chi connectivity index (χ0v) is 10.5. The van der Waals surface area contributed by atoms with Gasteiger partial charge in [-0.1, -0.05) is 6.07 Å². The van der Waals surface area contributed by atoms with Crippen LogP contribution in [0.25, 0.3) is 0 Å². The van der Waals surface area contributed by atoms with Gasteiger partial charge in [-0.15, -0.1) is 0 Å². The fraction of sp³-hybridized carbons (Fsp3) is 0.308. The van der Waals surface area contributed by atoms with Crippen LogP contribution in [0.4, 0.5) is 4.39 Å². The Morgan fingerprint density at radius 3 is 2.78 bits per heavy atom. The molecular weight excluding hydrogens is 233 g/mol. The summed E-state index contributed by atoms with van der Waals surface area (Å²) in [6.07, 6.45) is 1.89. The van der Waals surface area contributed by atoms with Gasteiger partial charge in [-0.3, -0.25) is 4.68 Å². The average Bonchev–Trinajstić information content (AvgIpc) is 2.75. The Balaban J connectivity index is 1.88. The van der Waals surface area contributed by atoms with Crippen molar-refractivity contribution in [1.82, 2.24) is 15.1 Å². The summed E-state index contributed by atoms with van der Waals surface area (Å²) in [5.41, 5.74) is 1.84. The van der Waals surface area contributed by atoms with E-state index in [2.05, 4.69) is 10.4 Å². The van der Waals surface area contributed by atoms with Crippen molar-refractivity contribution >= 4 is 0 Å². The molecule has 0 saturated heterocycles. The Kier molecular flexibility index (Phi) is 3.94. The van der Waals surface area contributed by atoms with Crippen molar-refractivity contribution < 1.29 is 9.13 Å². The SMILES string of the molecule is COc1ccc(CNCc2ccn(C)n2)cc1F. The molecule has 2 aromatic rings. The lowest BCUT2D eigenvalue weighted by atomic mass is 10.2. The summed E-state index contributed by atoms with van der Waals surface area (Å²) in [7, 11) is 3.33. The Morgan fingerprint density at radius 1 is 1.33 bits per heavy atom. The quantitative estimate of drug-likeness (QED) is 0.879. The number of nitrogens with one attached hydrogen (secondary N) is 1. The maximum atomic E-state index is 13.4. The highest BCUT2D eigenvalue weighted by molar-refractivity contribution is 5.29. The van der Waals surface area contributed by atoms with E-state index < -0.39 is 0 Å². The molecule has 5 heteroatoms. The third-order valence-electron chi connectivity index (χ3n) is 2.62. The monoisotopic (exact) mass is 249 g/mol. The first-order valence-electron chi connectivity index (χ1n) is 5.70. The van der Waals surface area contributed by atoms with Crippen LogP contribution < -0.4 is 10.1 Å². The first kappa shape index (κ1) is 12.6. The molecule has 0 bridgehead atoms. The van der Waals surface area contributed by atoms with Crippen LogP contribution in [0.2, 0.25) is 0 Å². The van der Waals surface area contributed by atoms with Crippen molar-refractivity contribution in [2.24, 2.45) is 7.05 Å². The first-order chi connectivity index (χ1) is 8.69. The minimum atomic E-state index is -0.338. The molecule has 0 atom stereocenters. The average molecular weight is 249 g/mol. The fourth-order valence-corrected chi connectivity index (χ4v) is 1.71. The number of ether oxygens (including phenoxy) is 1. The number of hydrogen-bond donors (Lipinski definition) is 1. The van der Waals surface area contributed by atoms with E-state index in [1.165, 1.54) is 13.2 Å². The molecule has 1 aromatic carbocycles. The van der Waals surface area contributed by atoms with Crippen molar-refractivity contribution in [1.29, 1.82) is 0 Å². The van der Waals surface area contributed by atoms with Gasteiger partial charge in [-0.2, -0.15) is 5.10 Å². The van der Waals surface area contributed by atoms with Crippen LogP contribution in [0.15, 0.2) is 30.5 Å². The molecule has 0 aliphatic carbocycles. The lowest BCUT2D eigenvalue weighted by Gasteiger charge is -2.06. The van der Waals surface area contributed by atoms with Crippen LogP contribution in [0.3, 0.4) is 0 Å². The van der Waals surface area contributed by atoms with Crippen molar-refractivity contribution in [2.75, 3.05) is 7.11 Å². The summed E-state index contributed by atoms with van der Waals surface area (Å²) in [4.78, 5) is 0. The Hall–Kier alpha value is -1.88. The predicted octanol–water partition coefficient (Wildman–Crippen LogP) is 1.86. The predicted molar refractivity (Wildman–Crippen MR) is 66.7 cm³/mol. The van der Waals surface area contributed by atoms with Crippen LogP contribution in [0.5, 0.6) is 5.75 Å². The van der Waals surface area contributed by atoms with E-state index in [1.54, 1.807) is 10.7 Å². The number of aromatic nitrogens is 2. The van der Waals surface area contributed by atoms with Crippen molar-refractivity contribution in [3.05, 3.63) is 47.5 Å². The topological polar surface area (TPSA) is 39.1 Å². The Labute approximate surface area is 105 Å². The molecule has 18 heavy (non-hydrogen) atoms. The molecule has 4 nitrogen and oxygen atoms in total. The second-order valence-electron chi connectivity index (χ2n) is 4.05. The number of rotatable bonds is 5. The first-order valence-corrected chi connectivity index (χ1v) is 5.70. The van der Waals surface area contributed by atoms with Gasteiger partial charge in [0.25, 0.3) is 0 Å². The van der Waals surface area contributed by atoms with Crippen LogP contribution in [0, 0.1) is 5.82 Å². The number of hydrogen-bond acceptors (Lipinski definition) is 3. The van der Waals surface area contributed by atoms with Gasteiger partial charge in [0.15, 0.2) is 11.6 Å². The highest BCUT2D eigenvalue weighted by Gasteiger charge is 2.03.